The van der Waals surface area contributed by atoms with Crippen LogP contribution in [-0.4, -0.2) is 42.3 Å². The fraction of sp³-hybridized carbons (Fsp3) is 0.227. The van der Waals surface area contributed by atoms with Crippen molar-refractivity contribution in [3.8, 4) is 0 Å². The summed E-state index contributed by atoms with van der Waals surface area (Å²) in [6.45, 7) is 2.04. The Morgan fingerprint density at radius 2 is 1.76 bits per heavy atom. The molecule has 2 N–H and O–H groups in total. The topological polar surface area (TPSA) is 74.3 Å². The van der Waals surface area contributed by atoms with Crippen molar-refractivity contribution in [3.05, 3.63) is 71.7 Å². The Balaban J connectivity index is 1.69. The van der Waals surface area contributed by atoms with E-state index in [2.05, 4.69) is 15.6 Å². The zero-order valence-electron chi connectivity index (χ0n) is 16.6. The SMILES string of the molecule is Cc1cc(NC(=O)C(=O)NC[C@H](c2ccc(F)cc2)N(C)C)c2ccccc2n1. The minimum atomic E-state index is -0.752. The number of halogens is 1. The lowest BCUT2D eigenvalue weighted by Gasteiger charge is -2.25. The molecule has 0 bridgehead atoms. The van der Waals surface area contributed by atoms with Crippen LogP contribution >= 0.6 is 0 Å². The number of likely N-dealkylation sites (N-methyl/N-ethyl adjacent to an activating group) is 1. The Morgan fingerprint density at radius 3 is 2.45 bits per heavy atom. The van der Waals surface area contributed by atoms with Crippen LogP contribution in [0.2, 0.25) is 0 Å². The Morgan fingerprint density at radius 1 is 1.07 bits per heavy atom. The van der Waals surface area contributed by atoms with E-state index in [4.69, 9.17) is 0 Å². The molecule has 0 radical (unpaired) electrons. The van der Waals surface area contributed by atoms with Gasteiger partial charge in [0.15, 0.2) is 0 Å². The molecule has 29 heavy (non-hydrogen) atoms. The standard InChI is InChI=1S/C22H23FN4O2/c1-14-12-19(17-6-4-5-7-18(17)25-14)26-22(29)21(28)24-13-20(27(2)3)15-8-10-16(23)11-9-15/h4-12,20H,13H2,1-3H3,(H,24,28)(H,25,26,29)/t20-/m1/s1. The molecule has 6 nitrogen and oxygen atoms in total. The number of hydrogen-bond acceptors (Lipinski definition) is 4. The second-order valence-electron chi connectivity index (χ2n) is 7.02. The number of para-hydroxylation sites is 1. The molecule has 1 heterocycles. The molecule has 3 rings (SSSR count). The first-order valence-corrected chi connectivity index (χ1v) is 9.22. The van der Waals surface area contributed by atoms with Crippen LogP contribution in [-0.2, 0) is 9.59 Å². The highest BCUT2D eigenvalue weighted by Crippen LogP contribution is 2.23. The molecule has 0 saturated heterocycles. The number of nitrogens with one attached hydrogen (secondary N) is 2. The lowest BCUT2D eigenvalue weighted by Crippen LogP contribution is -2.40. The van der Waals surface area contributed by atoms with Gasteiger partial charge in [0.25, 0.3) is 0 Å². The Kier molecular flexibility index (Phi) is 6.19. The lowest BCUT2D eigenvalue weighted by atomic mass is 10.1. The molecule has 2 amide bonds. The van der Waals surface area contributed by atoms with Crippen molar-refractivity contribution >= 4 is 28.4 Å². The van der Waals surface area contributed by atoms with Gasteiger partial charge in [-0.15, -0.1) is 0 Å². The average molecular weight is 394 g/mol. The van der Waals surface area contributed by atoms with Crippen LogP contribution in [0.4, 0.5) is 10.1 Å². The number of carbonyl (C=O) groups excluding carboxylic acids is 2. The van der Waals surface area contributed by atoms with Gasteiger partial charge in [0.05, 0.1) is 17.2 Å². The van der Waals surface area contributed by atoms with Gasteiger partial charge in [-0.1, -0.05) is 30.3 Å². The van der Waals surface area contributed by atoms with E-state index in [0.717, 1.165) is 22.2 Å². The van der Waals surface area contributed by atoms with Crippen molar-refractivity contribution in [1.29, 1.82) is 0 Å². The number of amides is 2. The van der Waals surface area contributed by atoms with Crippen LogP contribution in [0.1, 0.15) is 17.3 Å². The van der Waals surface area contributed by atoms with E-state index in [9.17, 15) is 14.0 Å². The van der Waals surface area contributed by atoms with Crippen molar-refractivity contribution in [2.24, 2.45) is 0 Å². The number of anilines is 1. The van der Waals surface area contributed by atoms with Crippen LogP contribution in [0.25, 0.3) is 10.9 Å². The Bertz CT molecular complexity index is 1030. The zero-order valence-corrected chi connectivity index (χ0v) is 16.6. The zero-order chi connectivity index (χ0) is 21.0. The average Bonchev–Trinajstić information content (AvgIpc) is 2.68. The summed E-state index contributed by atoms with van der Waals surface area (Å²) in [5, 5.41) is 6.09. The van der Waals surface area contributed by atoms with Crippen LogP contribution < -0.4 is 10.6 Å². The number of benzene rings is 2. The molecule has 0 aliphatic heterocycles. The molecular weight excluding hydrogens is 371 g/mol. The summed E-state index contributed by atoms with van der Waals surface area (Å²) in [5.41, 5.74) is 2.86. The van der Waals surface area contributed by atoms with Gasteiger partial charge in [0.1, 0.15) is 5.82 Å². The molecule has 0 unspecified atom stereocenters. The third-order valence-corrected chi connectivity index (χ3v) is 4.63. The van der Waals surface area contributed by atoms with E-state index in [-0.39, 0.29) is 18.4 Å². The summed E-state index contributed by atoms with van der Waals surface area (Å²) in [5.74, 6) is -1.82. The Labute approximate surface area is 168 Å². The molecule has 1 atom stereocenters. The summed E-state index contributed by atoms with van der Waals surface area (Å²) < 4.78 is 13.2. The van der Waals surface area contributed by atoms with E-state index < -0.39 is 11.8 Å². The molecule has 0 spiro atoms. The fourth-order valence-corrected chi connectivity index (χ4v) is 3.14. The van der Waals surface area contributed by atoms with Crippen molar-refractivity contribution in [3.63, 3.8) is 0 Å². The van der Waals surface area contributed by atoms with Gasteiger partial charge in [0, 0.05) is 17.6 Å². The summed E-state index contributed by atoms with van der Waals surface area (Å²) >= 11 is 0. The fourth-order valence-electron chi connectivity index (χ4n) is 3.14. The van der Waals surface area contributed by atoms with E-state index >= 15 is 0 Å². The number of aromatic nitrogens is 1. The molecule has 0 aliphatic rings. The lowest BCUT2D eigenvalue weighted by molar-refractivity contribution is -0.136. The monoisotopic (exact) mass is 394 g/mol. The number of aryl methyl sites for hydroxylation is 1. The second-order valence-corrected chi connectivity index (χ2v) is 7.02. The third kappa shape index (κ3) is 4.94. The van der Waals surface area contributed by atoms with Crippen molar-refractivity contribution in [2.75, 3.05) is 26.0 Å². The predicted molar refractivity (Wildman–Crippen MR) is 111 cm³/mol. The van der Waals surface area contributed by atoms with Gasteiger partial charge in [-0.05, 0) is 50.8 Å². The molecule has 0 fully saturated rings. The van der Waals surface area contributed by atoms with Crippen molar-refractivity contribution < 1.29 is 14.0 Å². The highest BCUT2D eigenvalue weighted by atomic mass is 19.1. The maximum absolute atomic E-state index is 13.2. The molecule has 2 aromatic carbocycles. The first-order chi connectivity index (χ1) is 13.8. The molecule has 1 aromatic heterocycles. The minimum absolute atomic E-state index is 0.198. The van der Waals surface area contributed by atoms with Crippen LogP contribution in [0.5, 0.6) is 0 Å². The quantitative estimate of drug-likeness (QED) is 0.653. The van der Waals surface area contributed by atoms with Crippen molar-refractivity contribution in [2.45, 2.75) is 13.0 Å². The van der Waals surface area contributed by atoms with Gasteiger partial charge in [0.2, 0.25) is 0 Å². The number of pyridine rings is 1. The predicted octanol–water partition coefficient (Wildman–Crippen LogP) is 3.04. The largest absolute Gasteiger partial charge is 0.346 e. The van der Waals surface area contributed by atoms with E-state index in [0.29, 0.717) is 5.69 Å². The van der Waals surface area contributed by atoms with E-state index in [1.165, 1.54) is 12.1 Å². The summed E-state index contributed by atoms with van der Waals surface area (Å²) in [6.07, 6.45) is 0. The van der Waals surface area contributed by atoms with E-state index in [1.807, 2.05) is 50.2 Å². The summed E-state index contributed by atoms with van der Waals surface area (Å²) in [6, 6.07) is 15.0. The third-order valence-electron chi connectivity index (χ3n) is 4.63. The van der Waals surface area contributed by atoms with E-state index in [1.54, 1.807) is 18.2 Å². The van der Waals surface area contributed by atoms with Crippen molar-refractivity contribution in [1.82, 2.24) is 15.2 Å². The maximum atomic E-state index is 13.2. The minimum Gasteiger partial charge on any atom is -0.346 e. The van der Waals surface area contributed by atoms with Crippen LogP contribution in [0, 0.1) is 12.7 Å². The number of rotatable bonds is 5. The van der Waals surface area contributed by atoms with Gasteiger partial charge in [-0.3, -0.25) is 14.6 Å². The van der Waals surface area contributed by atoms with Gasteiger partial charge < -0.3 is 15.5 Å². The smallest absolute Gasteiger partial charge is 0.313 e. The first-order valence-electron chi connectivity index (χ1n) is 9.22. The summed E-state index contributed by atoms with van der Waals surface area (Å²) in [4.78, 5) is 31.1. The molecule has 7 heteroatoms. The van der Waals surface area contributed by atoms with Crippen LogP contribution in [0.15, 0.2) is 54.6 Å². The molecule has 150 valence electrons. The highest BCUT2D eigenvalue weighted by Gasteiger charge is 2.19. The number of fused-ring (bicyclic) bond motifs is 1. The van der Waals surface area contributed by atoms with Crippen LogP contribution in [0.3, 0.4) is 0 Å². The molecule has 0 aliphatic carbocycles. The normalized spacial score (nSPS) is 12.0. The molecule has 0 saturated carbocycles. The summed E-state index contributed by atoms with van der Waals surface area (Å²) in [7, 11) is 3.71. The Hall–Kier alpha value is -3.32. The van der Waals surface area contributed by atoms with Gasteiger partial charge >= 0.3 is 11.8 Å². The van der Waals surface area contributed by atoms with Gasteiger partial charge in [-0.25, -0.2) is 4.39 Å². The number of carbonyl (C=O) groups is 2. The highest BCUT2D eigenvalue weighted by molar-refractivity contribution is 6.40. The van der Waals surface area contributed by atoms with Gasteiger partial charge in [-0.2, -0.15) is 0 Å². The maximum Gasteiger partial charge on any atom is 0.313 e. The number of nitrogens with zero attached hydrogens (tertiary/aromatic N) is 2. The molecule has 3 aromatic rings. The second kappa shape index (κ2) is 8.79. The molecular formula is C22H23FN4O2. The number of hydrogen-bond donors (Lipinski definition) is 2. The first kappa shape index (κ1) is 20.4.